The normalized spacial score (nSPS) is 13.5. The van der Waals surface area contributed by atoms with Crippen LogP contribution in [-0.4, -0.2) is 13.1 Å². The maximum absolute atomic E-state index is 12.4. The van der Waals surface area contributed by atoms with Gasteiger partial charge in [0.05, 0.1) is 7.11 Å². The number of esters is 1. The number of benzene rings is 1. The molecule has 0 aliphatic heterocycles. The summed E-state index contributed by atoms with van der Waals surface area (Å²) in [6.45, 7) is 0. The van der Waals surface area contributed by atoms with Crippen molar-refractivity contribution in [1.82, 2.24) is 0 Å². The smallest absolute Gasteiger partial charge is 0.353 e. The van der Waals surface area contributed by atoms with Gasteiger partial charge in [0.2, 0.25) is 5.75 Å². The SMILES string of the molecule is COc1ccc2c3c(c(=O)oc2c1OC(=O)c1cccs1)CCCC3. The topological polar surface area (TPSA) is 65.7 Å². The van der Waals surface area contributed by atoms with Crippen LogP contribution in [0.25, 0.3) is 11.0 Å². The lowest BCUT2D eigenvalue weighted by Gasteiger charge is -2.18. The summed E-state index contributed by atoms with van der Waals surface area (Å²) in [4.78, 5) is 25.2. The molecule has 0 atom stereocenters. The van der Waals surface area contributed by atoms with Crippen molar-refractivity contribution in [1.29, 1.82) is 0 Å². The molecule has 0 unspecified atom stereocenters. The molecule has 5 nitrogen and oxygen atoms in total. The molecule has 25 heavy (non-hydrogen) atoms. The molecule has 1 aliphatic carbocycles. The zero-order valence-electron chi connectivity index (χ0n) is 13.7. The van der Waals surface area contributed by atoms with E-state index in [1.807, 2.05) is 6.07 Å². The van der Waals surface area contributed by atoms with Gasteiger partial charge in [-0.15, -0.1) is 11.3 Å². The third kappa shape index (κ3) is 2.72. The molecule has 0 N–H and O–H groups in total. The molecule has 128 valence electrons. The first-order chi connectivity index (χ1) is 12.2. The van der Waals surface area contributed by atoms with Crippen LogP contribution in [-0.2, 0) is 12.8 Å². The second kappa shape index (κ2) is 6.37. The standard InChI is InChI=1S/C19H16O5S/c1-22-14-9-8-12-11-5-2-3-6-13(11)18(20)23-16(12)17(14)24-19(21)15-7-4-10-25-15/h4,7-10H,2-3,5-6H2,1H3. The van der Waals surface area contributed by atoms with Crippen molar-refractivity contribution in [3.8, 4) is 11.5 Å². The molecule has 3 aromatic rings. The van der Waals surface area contributed by atoms with E-state index in [1.54, 1.807) is 23.6 Å². The summed E-state index contributed by atoms with van der Waals surface area (Å²) >= 11 is 1.29. The summed E-state index contributed by atoms with van der Waals surface area (Å²) in [5.74, 6) is 0.0151. The number of aryl methyl sites for hydroxylation is 1. The summed E-state index contributed by atoms with van der Waals surface area (Å²) in [5, 5.41) is 2.61. The molecule has 2 heterocycles. The van der Waals surface area contributed by atoms with E-state index in [9.17, 15) is 9.59 Å². The molecule has 0 saturated heterocycles. The molecular weight excluding hydrogens is 340 g/mol. The Balaban J connectivity index is 1.91. The van der Waals surface area contributed by atoms with Crippen LogP contribution in [0.2, 0.25) is 0 Å². The van der Waals surface area contributed by atoms with Gasteiger partial charge in [0.25, 0.3) is 0 Å². The number of fused-ring (bicyclic) bond motifs is 3. The van der Waals surface area contributed by atoms with E-state index >= 15 is 0 Å². The lowest BCUT2D eigenvalue weighted by atomic mass is 9.90. The van der Waals surface area contributed by atoms with Crippen LogP contribution in [0.3, 0.4) is 0 Å². The first kappa shape index (κ1) is 15.9. The fourth-order valence-electron chi connectivity index (χ4n) is 3.26. The summed E-state index contributed by atoms with van der Waals surface area (Å²) in [6, 6.07) is 7.07. The average molecular weight is 356 g/mol. The summed E-state index contributed by atoms with van der Waals surface area (Å²) in [5.41, 5.74) is 1.65. The molecule has 1 aromatic carbocycles. The summed E-state index contributed by atoms with van der Waals surface area (Å²) in [7, 11) is 1.49. The van der Waals surface area contributed by atoms with Crippen LogP contribution in [0.5, 0.6) is 11.5 Å². The van der Waals surface area contributed by atoms with Gasteiger partial charge in [0, 0.05) is 10.9 Å². The quantitative estimate of drug-likeness (QED) is 0.404. The van der Waals surface area contributed by atoms with Gasteiger partial charge < -0.3 is 13.9 Å². The molecule has 2 aromatic heterocycles. The minimum Gasteiger partial charge on any atom is -0.493 e. The maximum atomic E-state index is 12.4. The number of methoxy groups -OCH3 is 1. The van der Waals surface area contributed by atoms with Crippen LogP contribution < -0.4 is 15.1 Å². The average Bonchev–Trinajstić information content (AvgIpc) is 3.17. The van der Waals surface area contributed by atoms with Crippen LogP contribution in [0.4, 0.5) is 0 Å². The van der Waals surface area contributed by atoms with Crippen molar-refractivity contribution < 1.29 is 18.7 Å². The lowest BCUT2D eigenvalue weighted by Crippen LogP contribution is -2.16. The highest BCUT2D eigenvalue weighted by Gasteiger charge is 2.24. The number of thiophene rings is 1. The fraction of sp³-hybridized carbons (Fsp3) is 0.263. The first-order valence-electron chi connectivity index (χ1n) is 8.10. The molecular formula is C19H16O5S. The second-order valence-electron chi connectivity index (χ2n) is 5.89. The van der Waals surface area contributed by atoms with Crippen LogP contribution >= 0.6 is 11.3 Å². The number of rotatable bonds is 3. The van der Waals surface area contributed by atoms with Gasteiger partial charge in [0.1, 0.15) is 4.88 Å². The Bertz CT molecular complexity index is 1000. The molecule has 0 bridgehead atoms. The molecule has 6 heteroatoms. The number of hydrogen-bond acceptors (Lipinski definition) is 6. The van der Waals surface area contributed by atoms with E-state index in [4.69, 9.17) is 13.9 Å². The summed E-state index contributed by atoms with van der Waals surface area (Å²) in [6.07, 6.45) is 3.56. The second-order valence-corrected chi connectivity index (χ2v) is 6.84. The molecule has 0 fully saturated rings. The van der Waals surface area contributed by atoms with Crippen molar-refractivity contribution in [2.24, 2.45) is 0 Å². The van der Waals surface area contributed by atoms with E-state index in [0.717, 1.165) is 42.2 Å². The van der Waals surface area contributed by atoms with Crippen molar-refractivity contribution in [2.75, 3.05) is 7.11 Å². The Labute approximate surface area is 147 Å². The van der Waals surface area contributed by atoms with Crippen molar-refractivity contribution in [3.63, 3.8) is 0 Å². The molecule has 0 saturated carbocycles. The summed E-state index contributed by atoms with van der Waals surface area (Å²) < 4.78 is 16.4. The van der Waals surface area contributed by atoms with Crippen LogP contribution in [0.15, 0.2) is 38.9 Å². The zero-order chi connectivity index (χ0) is 17.4. The molecule has 0 radical (unpaired) electrons. The highest BCUT2D eigenvalue weighted by Crippen LogP contribution is 2.38. The Morgan fingerprint density at radius 2 is 1.96 bits per heavy atom. The molecule has 1 aliphatic rings. The van der Waals surface area contributed by atoms with Crippen LogP contribution in [0.1, 0.15) is 33.6 Å². The van der Waals surface area contributed by atoms with E-state index in [1.165, 1.54) is 18.4 Å². The fourth-order valence-corrected chi connectivity index (χ4v) is 3.86. The Morgan fingerprint density at radius 3 is 2.68 bits per heavy atom. The predicted octanol–water partition coefficient (Wildman–Crippen LogP) is 3.96. The van der Waals surface area contributed by atoms with Crippen LogP contribution in [0, 0.1) is 0 Å². The van der Waals surface area contributed by atoms with Gasteiger partial charge in [-0.1, -0.05) is 6.07 Å². The zero-order valence-corrected chi connectivity index (χ0v) is 14.5. The van der Waals surface area contributed by atoms with E-state index < -0.39 is 5.97 Å². The minimum absolute atomic E-state index is 0.156. The molecule has 0 spiro atoms. The molecule has 0 amide bonds. The number of carbonyl (C=O) groups is 1. The highest BCUT2D eigenvalue weighted by atomic mass is 32.1. The Hall–Kier alpha value is -2.60. The van der Waals surface area contributed by atoms with Gasteiger partial charge >= 0.3 is 11.6 Å². The predicted molar refractivity (Wildman–Crippen MR) is 95.0 cm³/mol. The van der Waals surface area contributed by atoms with Gasteiger partial charge in [-0.25, -0.2) is 9.59 Å². The number of carbonyl (C=O) groups excluding carboxylic acids is 1. The van der Waals surface area contributed by atoms with E-state index in [2.05, 4.69) is 0 Å². The van der Waals surface area contributed by atoms with E-state index in [0.29, 0.717) is 10.6 Å². The number of hydrogen-bond donors (Lipinski definition) is 0. The van der Waals surface area contributed by atoms with Crippen molar-refractivity contribution in [3.05, 3.63) is 56.1 Å². The molecule has 4 rings (SSSR count). The maximum Gasteiger partial charge on any atom is 0.353 e. The lowest BCUT2D eigenvalue weighted by molar-refractivity contribution is 0.0735. The minimum atomic E-state index is -0.499. The van der Waals surface area contributed by atoms with Gasteiger partial charge in [-0.2, -0.15) is 0 Å². The third-order valence-electron chi connectivity index (χ3n) is 4.45. The van der Waals surface area contributed by atoms with Gasteiger partial charge in [0.15, 0.2) is 11.3 Å². The van der Waals surface area contributed by atoms with Gasteiger partial charge in [-0.05, 0) is 54.8 Å². The monoisotopic (exact) mass is 356 g/mol. The van der Waals surface area contributed by atoms with Gasteiger partial charge in [-0.3, -0.25) is 0 Å². The first-order valence-corrected chi connectivity index (χ1v) is 8.98. The third-order valence-corrected chi connectivity index (χ3v) is 5.30. The highest BCUT2D eigenvalue weighted by molar-refractivity contribution is 7.12. The largest absolute Gasteiger partial charge is 0.493 e. The van der Waals surface area contributed by atoms with Crippen molar-refractivity contribution in [2.45, 2.75) is 25.7 Å². The van der Waals surface area contributed by atoms with E-state index in [-0.39, 0.29) is 17.0 Å². The Kier molecular flexibility index (Phi) is 4.05. The van der Waals surface area contributed by atoms with Crippen molar-refractivity contribution >= 4 is 28.3 Å². The number of ether oxygens (including phenoxy) is 2. The Morgan fingerprint density at radius 1 is 1.16 bits per heavy atom.